The van der Waals surface area contributed by atoms with E-state index >= 15 is 0 Å². The van der Waals surface area contributed by atoms with Gasteiger partial charge in [-0.3, -0.25) is 14.5 Å². The van der Waals surface area contributed by atoms with Crippen molar-refractivity contribution < 1.29 is 4.79 Å². The topological polar surface area (TPSA) is 80.0 Å². The van der Waals surface area contributed by atoms with Crippen LogP contribution in [0.1, 0.15) is 11.3 Å². The Morgan fingerprint density at radius 3 is 2.32 bits per heavy atom. The number of anilines is 1. The van der Waals surface area contributed by atoms with E-state index in [0.717, 1.165) is 33.9 Å². The van der Waals surface area contributed by atoms with Gasteiger partial charge in [0.1, 0.15) is 6.54 Å². The molecule has 0 aliphatic carbocycles. The molecule has 1 aliphatic rings. The van der Waals surface area contributed by atoms with Crippen LogP contribution in [-0.2, 0) is 11.3 Å². The molecule has 4 heterocycles. The summed E-state index contributed by atoms with van der Waals surface area (Å²) < 4.78 is 1.79. The van der Waals surface area contributed by atoms with E-state index in [1.54, 1.807) is 23.1 Å². The number of benzene rings is 1. The predicted molar refractivity (Wildman–Crippen MR) is 131 cm³/mol. The third kappa shape index (κ3) is 4.52. The van der Waals surface area contributed by atoms with Gasteiger partial charge in [-0.15, -0.1) is 0 Å². The summed E-state index contributed by atoms with van der Waals surface area (Å²) in [6, 6.07) is 17.9. The van der Waals surface area contributed by atoms with Crippen molar-refractivity contribution in [3.05, 3.63) is 78.2 Å². The lowest BCUT2D eigenvalue weighted by molar-refractivity contribution is -0.132. The quantitative estimate of drug-likeness (QED) is 0.461. The maximum Gasteiger partial charge on any atom is 0.244 e. The molecule has 1 saturated heterocycles. The Labute approximate surface area is 198 Å². The molecule has 8 heteroatoms. The highest BCUT2D eigenvalue weighted by molar-refractivity contribution is 5.78. The maximum atomic E-state index is 13.3. The Morgan fingerprint density at radius 1 is 0.882 bits per heavy atom. The van der Waals surface area contributed by atoms with Gasteiger partial charge in [0, 0.05) is 49.8 Å². The van der Waals surface area contributed by atoms with Crippen molar-refractivity contribution in [2.24, 2.45) is 0 Å². The number of piperazine rings is 1. The number of hydrogen-bond donors (Lipinski definition) is 0. The van der Waals surface area contributed by atoms with Gasteiger partial charge in [-0.05, 0) is 37.6 Å². The minimum atomic E-state index is 0.0430. The van der Waals surface area contributed by atoms with Crippen LogP contribution in [0.3, 0.4) is 0 Å². The number of amides is 1. The lowest BCUT2D eigenvalue weighted by atomic mass is 10.1. The predicted octanol–water partition coefficient (Wildman–Crippen LogP) is 3.37. The van der Waals surface area contributed by atoms with Crippen LogP contribution in [0.5, 0.6) is 0 Å². The van der Waals surface area contributed by atoms with Crippen LogP contribution in [0.2, 0.25) is 0 Å². The van der Waals surface area contributed by atoms with Crippen LogP contribution >= 0.6 is 0 Å². The van der Waals surface area contributed by atoms with Crippen molar-refractivity contribution in [3.8, 4) is 22.6 Å². The second-order valence-electron chi connectivity index (χ2n) is 8.45. The zero-order valence-corrected chi connectivity index (χ0v) is 19.4. The minimum Gasteiger partial charge on any atom is -0.338 e. The molecule has 5 rings (SSSR count). The number of carbonyl (C=O) groups excluding carboxylic acids is 1. The SMILES string of the molecule is Cc1ccc(-c2cc(-c3ccccc3)nn2CC(=O)N2CCN(c3ncccn3)CC2)nc1C. The lowest BCUT2D eigenvalue weighted by Gasteiger charge is -2.34. The van der Waals surface area contributed by atoms with Gasteiger partial charge in [-0.1, -0.05) is 36.4 Å². The fourth-order valence-corrected chi connectivity index (χ4v) is 4.11. The number of nitrogens with zero attached hydrogens (tertiary/aromatic N) is 7. The van der Waals surface area contributed by atoms with Gasteiger partial charge in [-0.2, -0.15) is 5.10 Å². The maximum absolute atomic E-state index is 13.3. The molecule has 0 spiro atoms. The molecule has 4 aromatic rings. The number of carbonyl (C=O) groups is 1. The Kier molecular flexibility index (Phi) is 6.03. The molecular formula is C26H27N7O. The van der Waals surface area contributed by atoms with Crippen LogP contribution in [-0.4, -0.2) is 61.7 Å². The van der Waals surface area contributed by atoms with E-state index in [2.05, 4.69) is 20.9 Å². The van der Waals surface area contributed by atoms with Crippen LogP contribution < -0.4 is 4.90 Å². The monoisotopic (exact) mass is 453 g/mol. The summed E-state index contributed by atoms with van der Waals surface area (Å²) >= 11 is 0. The van der Waals surface area contributed by atoms with Crippen molar-refractivity contribution in [1.82, 2.24) is 29.6 Å². The molecule has 3 aromatic heterocycles. The molecule has 0 unspecified atom stereocenters. The van der Waals surface area contributed by atoms with Gasteiger partial charge in [0.15, 0.2) is 0 Å². The first-order chi connectivity index (χ1) is 16.6. The summed E-state index contributed by atoms with van der Waals surface area (Å²) in [5.41, 5.74) is 5.60. The van der Waals surface area contributed by atoms with Gasteiger partial charge in [0.2, 0.25) is 11.9 Å². The molecule has 172 valence electrons. The molecule has 0 atom stereocenters. The molecule has 0 radical (unpaired) electrons. The lowest BCUT2D eigenvalue weighted by Crippen LogP contribution is -2.50. The van der Waals surface area contributed by atoms with E-state index in [-0.39, 0.29) is 12.5 Å². The fraction of sp³-hybridized carbons (Fsp3) is 0.269. The van der Waals surface area contributed by atoms with Crippen molar-refractivity contribution in [3.63, 3.8) is 0 Å². The van der Waals surface area contributed by atoms with Gasteiger partial charge in [0.25, 0.3) is 0 Å². The molecule has 1 aromatic carbocycles. The molecule has 1 aliphatic heterocycles. The Balaban J connectivity index is 1.37. The van der Waals surface area contributed by atoms with Crippen LogP contribution in [0.4, 0.5) is 5.95 Å². The summed E-state index contributed by atoms with van der Waals surface area (Å²) in [4.78, 5) is 30.7. The molecule has 0 N–H and O–H groups in total. The largest absolute Gasteiger partial charge is 0.338 e. The first-order valence-corrected chi connectivity index (χ1v) is 11.5. The molecule has 34 heavy (non-hydrogen) atoms. The smallest absolute Gasteiger partial charge is 0.244 e. The minimum absolute atomic E-state index is 0.0430. The van der Waals surface area contributed by atoms with Gasteiger partial charge in [-0.25, -0.2) is 9.97 Å². The summed E-state index contributed by atoms with van der Waals surface area (Å²) in [7, 11) is 0. The first-order valence-electron chi connectivity index (χ1n) is 11.5. The van der Waals surface area contributed by atoms with Crippen molar-refractivity contribution >= 4 is 11.9 Å². The highest BCUT2D eigenvalue weighted by atomic mass is 16.2. The van der Waals surface area contributed by atoms with Crippen LogP contribution in [0.25, 0.3) is 22.6 Å². The van der Waals surface area contributed by atoms with Crippen LogP contribution in [0.15, 0.2) is 67.0 Å². The van der Waals surface area contributed by atoms with E-state index in [1.165, 1.54) is 0 Å². The van der Waals surface area contributed by atoms with Gasteiger partial charge in [0.05, 0.1) is 17.1 Å². The van der Waals surface area contributed by atoms with E-state index in [1.807, 2.05) is 61.2 Å². The second-order valence-corrected chi connectivity index (χ2v) is 8.45. The number of aryl methyl sites for hydroxylation is 2. The standard InChI is InChI=1S/C26H27N7O/c1-19-9-10-22(29-20(19)2)24-17-23(21-7-4-3-5-8-21)30-33(24)18-25(34)31-13-15-32(16-14-31)26-27-11-6-12-28-26/h3-12,17H,13-16,18H2,1-2H3. The summed E-state index contributed by atoms with van der Waals surface area (Å²) in [5, 5.41) is 4.81. The number of aromatic nitrogens is 5. The first kappa shape index (κ1) is 21.8. The zero-order valence-electron chi connectivity index (χ0n) is 19.4. The Bertz CT molecular complexity index is 1280. The molecule has 1 amide bonds. The molecule has 0 saturated carbocycles. The average Bonchev–Trinajstić information content (AvgIpc) is 3.30. The molecular weight excluding hydrogens is 426 g/mol. The molecule has 0 bridgehead atoms. The van der Waals surface area contributed by atoms with Crippen molar-refractivity contribution in [2.45, 2.75) is 20.4 Å². The Morgan fingerprint density at radius 2 is 1.62 bits per heavy atom. The Hall–Kier alpha value is -4.07. The highest BCUT2D eigenvalue weighted by Gasteiger charge is 2.24. The normalized spacial score (nSPS) is 13.8. The molecule has 8 nitrogen and oxygen atoms in total. The number of hydrogen-bond acceptors (Lipinski definition) is 6. The average molecular weight is 454 g/mol. The molecule has 1 fully saturated rings. The summed E-state index contributed by atoms with van der Waals surface area (Å²) in [6.45, 7) is 6.87. The van der Waals surface area contributed by atoms with Crippen molar-refractivity contribution in [2.75, 3.05) is 31.1 Å². The number of rotatable bonds is 5. The van der Waals surface area contributed by atoms with E-state index in [9.17, 15) is 4.79 Å². The zero-order chi connectivity index (χ0) is 23.5. The van der Waals surface area contributed by atoms with Gasteiger partial charge >= 0.3 is 0 Å². The third-order valence-corrected chi connectivity index (χ3v) is 6.21. The second kappa shape index (κ2) is 9.43. The van der Waals surface area contributed by atoms with Gasteiger partial charge < -0.3 is 9.80 Å². The summed E-state index contributed by atoms with van der Waals surface area (Å²) in [5.74, 6) is 0.749. The summed E-state index contributed by atoms with van der Waals surface area (Å²) in [6.07, 6.45) is 3.48. The third-order valence-electron chi connectivity index (χ3n) is 6.21. The fourth-order valence-electron chi connectivity index (χ4n) is 4.11. The highest BCUT2D eigenvalue weighted by Crippen LogP contribution is 2.26. The van der Waals surface area contributed by atoms with Crippen LogP contribution in [0, 0.1) is 13.8 Å². The van der Waals surface area contributed by atoms with Crippen molar-refractivity contribution in [1.29, 1.82) is 0 Å². The number of pyridine rings is 1. The van der Waals surface area contributed by atoms with E-state index in [0.29, 0.717) is 32.1 Å². The van der Waals surface area contributed by atoms with E-state index < -0.39 is 0 Å². The van der Waals surface area contributed by atoms with E-state index in [4.69, 9.17) is 10.1 Å².